The van der Waals surface area contributed by atoms with Gasteiger partial charge in [0.2, 0.25) is 5.82 Å². The van der Waals surface area contributed by atoms with E-state index in [4.69, 9.17) is 9.47 Å². The molecule has 0 fully saturated rings. The molecule has 0 aliphatic carbocycles. The van der Waals surface area contributed by atoms with Gasteiger partial charge in [-0.2, -0.15) is 4.39 Å². The third-order valence-corrected chi connectivity index (χ3v) is 4.71. The number of benzene rings is 3. The molecule has 3 aromatic rings. The summed E-state index contributed by atoms with van der Waals surface area (Å²) in [5.41, 5.74) is 1.75. The van der Waals surface area contributed by atoms with Crippen molar-refractivity contribution in [3.05, 3.63) is 95.1 Å². The van der Waals surface area contributed by atoms with Crippen LogP contribution in [-0.4, -0.2) is 12.6 Å². The highest BCUT2D eigenvalue weighted by atomic mass is 19.2. The molecule has 164 valence electrons. The third-order valence-electron chi connectivity index (χ3n) is 4.71. The van der Waals surface area contributed by atoms with E-state index in [9.17, 15) is 13.6 Å². The number of carbonyl (C=O) groups excluding carboxylic acids is 1. The smallest absolute Gasteiger partial charge is 0.343 e. The highest BCUT2D eigenvalue weighted by Crippen LogP contribution is 2.20. The molecule has 0 bridgehead atoms. The summed E-state index contributed by atoms with van der Waals surface area (Å²) in [5, 5.41) is 0. The highest BCUT2D eigenvalue weighted by molar-refractivity contribution is 5.91. The van der Waals surface area contributed by atoms with Crippen molar-refractivity contribution >= 4 is 5.97 Å². The van der Waals surface area contributed by atoms with E-state index in [2.05, 4.69) is 18.8 Å². The Morgan fingerprint density at radius 1 is 0.844 bits per heavy atom. The minimum Gasteiger partial charge on any atom is -0.494 e. The quantitative estimate of drug-likeness (QED) is 0.175. The van der Waals surface area contributed by atoms with Crippen LogP contribution in [0.1, 0.15) is 54.1 Å². The number of hydrogen-bond acceptors (Lipinski definition) is 3. The lowest BCUT2D eigenvalue weighted by molar-refractivity contribution is 0.0726. The van der Waals surface area contributed by atoms with E-state index in [0.29, 0.717) is 12.2 Å². The Labute approximate surface area is 187 Å². The van der Waals surface area contributed by atoms with Crippen LogP contribution in [0.25, 0.3) is 0 Å². The molecule has 0 radical (unpaired) electrons. The topological polar surface area (TPSA) is 35.5 Å². The van der Waals surface area contributed by atoms with E-state index in [1.54, 1.807) is 12.1 Å². The summed E-state index contributed by atoms with van der Waals surface area (Å²) in [4.78, 5) is 12.2. The molecule has 0 saturated heterocycles. The third kappa shape index (κ3) is 6.68. The summed E-state index contributed by atoms with van der Waals surface area (Å²) in [6.45, 7) is 2.89. The van der Waals surface area contributed by atoms with E-state index < -0.39 is 23.4 Å². The van der Waals surface area contributed by atoms with E-state index in [-0.39, 0.29) is 5.56 Å². The molecule has 0 atom stereocenters. The van der Waals surface area contributed by atoms with Crippen LogP contribution in [0, 0.1) is 23.5 Å². The Morgan fingerprint density at radius 2 is 1.50 bits per heavy atom. The van der Waals surface area contributed by atoms with E-state index in [0.717, 1.165) is 23.8 Å². The van der Waals surface area contributed by atoms with Crippen LogP contribution in [-0.2, 0) is 0 Å². The van der Waals surface area contributed by atoms with Gasteiger partial charge in [-0.3, -0.25) is 0 Å². The standard InChI is InChI=1S/C27H24F2O3/c1-2-3-4-5-19-31-23-17-13-21(14-18-23)10-9-20-11-15-22(16-12-20)27(30)32-25-8-6-7-24(28)26(25)29/h6-8,11-18H,2-5,19H2,1H3. The Balaban J connectivity index is 1.55. The summed E-state index contributed by atoms with van der Waals surface area (Å²) < 4.78 is 37.6. The number of ether oxygens (including phenoxy) is 2. The van der Waals surface area contributed by atoms with E-state index in [1.807, 2.05) is 24.3 Å². The van der Waals surface area contributed by atoms with Crippen molar-refractivity contribution in [3.8, 4) is 23.3 Å². The second-order valence-corrected chi connectivity index (χ2v) is 7.20. The first kappa shape index (κ1) is 23.0. The average Bonchev–Trinajstić information content (AvgIpc) is 2.81. The molecular weight excluding hydrogens is 410 g/mol. The Hall–Kier alpha value is -3.65. The molecule has 3 aromatic carbocycles. The molecule has 0 saturated carbocycles. The van der Waals surface area contributed by atoms with Crippen LogP contribution in [0.3, 0.4) is 0 Å². The fourth-order valence-corrected chi connectivity index (χ4v) is 2.91. The van der Waals surface area contributed by atoms with E-state index in [1.165, 1.54) is 43.5 Å². The Morgan fingerprint density at radius 3 is 2.16 bits per heavy atom. The van der Waals surface area contributed by atoms with Crippen LogP contribution < -0.4 is 9.47 Å². The number of hydrogen-bond donors (Lipinski definition) is 0. The normalized spacial score (nSPS) is 10.2. The number of unbranched alkanes of at least 4 members (excludes halogenated alkanes) is 3. The number of esters is 1. The van der Waals surface area contributed by atoms with Crippen molar-refractivity contribution in [2.75, 3.05) is 6.61 Å². The first-order chi connectivity index (χ1) is 15.6. The molecule has 3 rings (SSSR count). The van der Waals surface area contributed by atoms with E-state index >= 15 is 0 Å². The van der Waals surface area contributed by atoms with Gasteiger partial charge < -0.3 is 9.47 Å². The molecule has 5 heteroatoms. The van der Waals surface area contributed by atoms with Crippen LogP contribution >= 0.6 is 0 Å². The molecule has 0 heterocycles. The maximum Gasteiger partial charge on any atom is 0.343 e. The summed E-state index contributed by atoms with van der Waals surface area (Å²) in [7, 11) is 0. The molecule has 0 N–H and O–H groups in total. The Bertz CT molecular complexity index is 1090. The van der Waals surface area contributed by atoms with Crippen molar-refractivity contribution in [3.63, 3.8) is 0 Å². The van der Waals surface area contributed by atoms with Gasteiger partial charge in [0, 0.05) is 11.1 Å². The number of rotatable bonds is 8. The average molecular weight is 434 g/mol. The molecule has 0 spiro atoms. The Kier molecular flexibility index (Phi) is 8.39. The zero-order valence-corrected chi connectivity index (χ0v) is 17.9. The lowest BCUT2D eigenvalue weighted by atomic mass is 10.1. The molecule has 0 aliphatic heterocycles. The fraction of sp³-hybridized carbons (Fsp3) is 0.222. The lowest BCUT2D eigenvalue weighted by Gasteiger charge is -2.06. The fourth-order valence-electron chi connectivity index (χ4n) is 2.91. The molecule has 0 amide bonds. The van der Waals surface area contributed by atoms with Gasteiger partial charge in [0.15, 0.2) is 11.6 Å². The molecule has 32 heavy (non-hydrogen) atoms. The summed E-state index contributed by atoms with van der Waals surface area (Å²) in [5.74, 6) is 3.41. The monoisotopic (exact) mass is 434 g/mol. The number of carbonyl (C=O) groups is 1. The van der Waals surface area contributed by atoms with Crippen LogP contribution in [0.2, 0.25) is 0 Å². The molecular formula is C27H24F2O3. The molecule has 0 aromatic heterocycles. The second-order valence-electron chi connectivity index (χ2n) is 7.20. The minimum atomic E-state index is -1.20. The maximum atomic E-state index is 13.7. The van der Waals surface area contributed by atoms with Gasteiger partial charge >= 0.3 is 5.97 Å². The van der Waals surface area contributed by atoms with Crippen LogP contribution in [0.15, 0.2) is 66.7 Å². The zero-order valence-electron chi connectivity index (χ0n) is 17.9. The summed E-state index contributed by atoms with van der Waals surface area (Å²) in [6.07, 6.45) is 4.66. The van der Waals surface area contributed by atoms with Gasteiger partial charge in [-0.15, -0.1) is 0 Å². The predicted octanol–water partition coefficient (Wildman–Crippen LogP) is 6.54. The number of halogens is 2. The summed E-state index contributed by atoms with van der Waals surface area (Å²) in [6, 6.07) is 17.4. The van der Waals surface area contributed by atoms with Gasteiger partial charge in [0.1, 0.15) is 5.75 Å². The lowest BCUT2D eigenvalue weighted by Crippen LogP contribution is -2.09. The first-order valence-electron chi connectivity index (χ1n) is 10.6. The van der Waals surface area contributed by atoms with Crippen molar-refractivity contribution in [2.24, 2.45) is 0 Å². The van der Waals surface area contributed by atoms with Crippen molar-refractivity contribution in [1.82, 2.24) is 0 Å². The van der Waals surface area contributed by atoms with Crippen molar-refractivity contribution in [1.29, 1.82) is 0 Å². The predicted molar refractivity (Wildman–Crippen MR) is 120 cm³/mol. The maximum absolute atomic E-state index is 13.7. The van der Waals surface area contributed by atoms with Crippen molar-refractivity contribution < 1.29 is 23.0 Å². The van der Waals surface area contributed by atoms with Gasteiger partial charge in [-0.05, 0) is 67.1 Å². The van der Waals surface area contributed by atoms with Gasteiger partial charge in [0.05, 0.1) is 12.2 Å². The second kappa shape index (κ2) is 11.7. The van der Waals surface area contributed by atoms with Crippen molar-refractivity contribution in [2.45, 2.75) is 32.6 Å². The van der Waals surface area contributed by atoms with Gasteiger partial charge in [0.25, 0.3) is 0 Å². The largest absolute Gasteiger partial charge is 0.494 e. The van der Waals surface area contributed by atoms with Gasteiger partial charge in [-0.25, -0.2) is 9.18 Å². The minimum absolute atomic E-state index is 0.208. The SMILES string of the molecule is CCCCCCOc1ccc(C#Cc2ccc(C(=O)Oc3cccc(F)c3F)cc2)cc1. The van der Waals surface area contributed by atoms with Crippen LogP contribution in [0.4, 0.5) is 8.78 Å². The zero-order chi connectivity index (χ0) is 22.8. The molecule has 0 unspecified atom stereocenters. The first-order valence-corrected chi connectivity index (χ1v) is 10.6. The highest BCUT2D eigenvalue weighted by Gasteiger charge is 2.14. The van der Waals surface area contributed by atoms with Crippen LogP contribution in [0.5, 0.6) is 11.5 Å². The van der Waals surface area contributed by atoms with Gasteiger partial charge in [-0.1, -0.05) is 44.1 Å². The molecule has 0 aliphatic rings. The molecule has 3 nitrogen and oxygen atoms in total. The summed E-state index contributed by atoms with van der Waals surface area (Å²) >= 11 is 0.